The molecule has 0 fully saturated rings. The molecule has 0 heterocycles. The van der Waals surface area contributed by atoms with Gasteiger partial charge < -0.3 is 5.11 Å². The molecule has 15 heavy (non-hydrogen) atoms. The normalized spacial score (nSPS) is 15.0. The Morgan fingerprint density at radius 2 is 2.07 bits per heavy atom. The fourth-order valence-electron chi connectivity index (χ4n) is 1.73. The van der Waals surface area contributed by atoms with Crippen LogP contribution in [0.4, 0.5) is 4.39 Å². The molecule has 0 saturated carbocycles. The number of hydrogen-bond donors (Lipinski definition) is 1. The number of aliphatic hydroxyl groups excluding tert-OH is 1. The average molecular weight is 231 g/mol. The molecule has 0 radical (unpaired) electrons. The van der Waals surface area contributed by atoms with Crippen molar-refractivity contribution in [3.8, 4) is 0 Å². The van der Waals surface area contributed by atoms with E-state index < -0.39 is 0 Å². The molecule has 0 aliphatic rings. The van der Waals surface area contributed by atoms with Crippen molar-refractivity contribution >= 4 is 11.6 Å². The summed E-state index contributed by atoms with van der Waals surface area (Å²) in [4.78, 5) is 0. The predicted molar refractivity (Wildman–Crippen MR) is 60.6 cm³/mol. The van der Waals surface area contributed by atoms with Crippen LogP contribution >= 0.6 is 11.6 Å². The number of benzene rings is 1. The van der Waals surface area contributed by atoms with Gasteiger partial charge in [-0.2, -0.15) is 0 Å². The summed E-state index contributed by atoms with van der Waals surface area (Å²) in [5.74, 6) is -0.0184. The van der Waals surface area contributed by atoms with Crippen LogP contribution in [-0.4, -0.2) is 11.2 Å². The highest BCUT2D eigenvalue weighted by Gasteiger charge is 2.08. The van der Waals surface area contributed by atoms with E-state index in [0.717, 1.165) is 18.4 Å². The molecule has 2 atom stereocenters. The lowest BCUT2D eigenvalue weighted by Crippen LogP contribution is -2.09. The van der Waals surface area contributed by atoms with E-state index in [4.69, 9.17) is 11.6 Å². The summed E-state index contributed by atoms with van der Waals surface area (Å²) >= 11 is 5.68. The quantitative estimate of drug-likeness (QED) is 0.840. The van der Waals surface area contributed by atoms with Gasteiger partial charge in [-0.25, -0.2) is 4.39 Å². The van der Waals surface area contributed by atoms with Crippen molar-refractivity contribution in [3.05, 3.63) is 34.6 Å². The number of rotatable bonds is 4. The summed E-state index contributed by atoms with van der Waals surface area (Å²) in [6, 6.07) is 4.77. The van der Waals surface area contributed by atoms with Gasteiger partial charge in [-0.3, -0.25) is 0 Å². The third-order valence-corrected chi connectivity index (χ3v) is 2.60. The predicted octanol–water partition coefficient (Wildman–Crippen LogP) is 3.43. The van der Waals surface area contributed by atoms with E-state index in [1.807, 2.05) is 0 Å². The fourth-order valence-corrected chi connectivity index (χ4v) is 1.94. The maximum absolute atomic E-state index is 12.9. The second-order valence-corrected chi connectivity index (χ2v) is 4.55. The maximum Gasteiger partial charge on any atom is 0.141 e. The van der Waals surface area contributed by atoms with E-state index in [1.165, 1.54) is 6.07 Å². The van der Waals surface area contributed by atoms with E-state index in [1.54, 1.807) is 19.1 Å². The van der Waals surface area contributed by atoms with E-state index in [2.05, 4.69) is 6.92 Å². The highest BCUT2D eigenvalue weighted by atomic mass is 35.5. The van der Waals surface area contributed by atoms with Crippen molar-refractivity contribution in [2.24, 2.45) is 5.92 Å². The molecule has 3 heteroatoms. The highest BCUT2D eigenvalue weighted by Crippen LogP contribution is 2.19. The van der Waals surface area contributed by atoms with Gasteiger partial charge >= 0.3 is 0 Å². The lowest BCUT2D eigenvalue weighted by Gasteiger charge is -2.13. The van der Waals surface area contributed by atoms with Gasteiger partial charge in [0.2, 0.25) is 0 Å². The summed E-state index contributed by atoms with van der Waals surface area (Å²) in [7, 11) is 0. The minimum Gasteiger partial charge on any atom is -0.393 e. The third-order valence-electron chi connectivity index (χ3n) is 2.31. The molecule has 0 amide bonds. The standard InChI is InChI=1S/C12H16ClFO/c1-8(5-9(2)15)6-10-3-4-12(14)11(13)7-10/h3-4,7-9,15H,5-6H2,1-2H3. The van der Waals surface area contributed by atoms with E-state index in [-0.39, 0.29) is 16.9 Å². The molecule has 1 nitrogen and oxygen atoms in total. The number of aliphatic hydroxyl groups is 1. The maximum atomic E-state index is 12.9. The van der Waals surface area contributed by atoms with Gasteiger partial charge in [0.1, 0.15) is 5.82 Å². The fraction of sp³-hybridized carbons (Fsp3) is 0.500. The van der Waals surface area contributed by atoms with Gasteiger partial charge in [0, 0.05) is 0 Å². The Kier molecular flexibility index (Phi) is 4.55. The molecule has 0 aromatic heterocycles. The molecule has 1 aromatic carbocycles. The molecule has 2 unspecified atom stereocenters. The smallest absolute Gasteiger partial charge is 0.141 e. The van der Waals surface area contributed by atoms with Gasteiger partial charge in [-0.05, 0) is 43.4 Å². The Morgan fingerprint density at radius 1 is 1.40 bits per heavy atom. The van der Waals surface area contributed by atoms with E-state index in [0.29, 0.717) is 5.92 Å². The monoisotopic (exact) mass is 230 g/mol. The molecule has 84 valence electrons. The summed E-state index contributed by atoms with van der Waals surface area (Å²) in [5.41, 5.74) is 1.01. The zero-order valence-corrected chi connectivity index (χ0v) is 9.76. The summed E-state index contributed by atoms with van der Waals surface area (Å²) in [6.45, 7) is 3.83. The number of hydrogen-bond acceptors (Lipinski definition) is 1. The largest absolute Gasteiger partial charge is 0.393 e. The molecular formula is C12H16ClFO. The lowest BCUT2D eigenvalue weighted by molar-refractivity contribution is 0.164. The molecule has 0 spiro atoms. The van der Waals surface area contributed by atoms with Crippen molar-refractivity contribution < 1.29 is 9.50 Å². The molecule has 0 saturated heterocycles. The molecular weight excluding hydrogens is 215 g/mol. The Hall–Kier alpha value is -0.600. The van der Waals surface area contributed by atoms with Gasteiger partial charge in [0.05, 0.1) is 11.1 Å². The zero-order valence-electron chi connectivity index (χ0n) is 9.00. The van der Waals surface area contributed by atoms with Crippen molar-refractivity contribution in [2.75, 3.05) is 0 Å². The molecule has 0 bridgehead atoms. The van der Waals surface area contributed by atoms with Gasteiger partial charge in [0.25, 0.3) is 0 Å². The van der Waals surface area contributed by atoms with Crippen LogP contribution in [0, 0.1) is 11.7 Å². The Morgan fingerprint density at radius 3 is 2.60 bits per heavy atom. The lowest BCUT2D eigenvalue weighted by atomic mass is 9.96. The van der Waals surface area contributed by atoms with Gasteiger partial charge in [0.15, 0.2) is 0 Å². The van der Waals surface area contributed by atoms with Crippen LogP contribution in [0.1, 0.15) is 25.8 Å². The van der Waals surface area contributed by atoms with Crippen molar-refractivity contribution in [1.29, 1.82) is 0 Å². The molecule has 1 N–H and O–H groups in total. The zero-order chi connectivity index (χ0) is 11.4. The van der Waals surface area contributed by atoms with Gasteiger partial charge in [-0.15, -0.1) is 0 Å². The van der Waals surface area contributed by atoms with Gasteiger partial charge in [-0.1, -0.05) is 24.6 Å². The molecule has 1 aromatic rings. The number of halogens is 2. The Bertz CT molecular complexity index is 325. The highest BCUT2D eigenvalue weighted by molar-refractivity contribution is 6.30. The van der Waals surface area contributed by atoms with E-state index >= 15 is 0 Å². The van der Waals surface area contributed by atoms with Crippen molar-refractivity contribution in [2.45, 2.75) is 32.8 Å². The van der Waals surface area contributed by atoms with Crippen LogP contribution in [0.2, 0.25) is 5.02 Å². The first-order valence-corrected chi connectivity index (χ1v) is 5.49. The minimum absolute atomic E-state index is 0.164. The first-order chi connectivity index (χ1) is 6.99. The van der Waals surface area contributed by atoms with Crippen LogP contribution < -0.4 is 0 Å². The van der Waals surface area contributed by atoms with Crippen LogP contribution in [0.15, 0.2) is 18.2 Å². The van der Waals surface area contributed by atoms with Crippen LogP contribution in [0.3, 0.4) is 0 Å². The second kappa shape index (κ2) is 5.47. The first-order valence-electron chi connectivity index (χ1n) is 5.11. The molecule has 0 aliphatic heterocycles. The Balaban J connectivity index is 2.60. The van der Waals surface area contributed by atoms with Crippen LogP contribution in [-0.2, 0) is 6.42 Å². The average Bonchev–Trinajstić information content (AvgIpc) is 2.10. The van der Waals surface area contributed by atoms with Crippen LogP contribution in [0.5, 0.6) is 0 Å². The summed E-state index contributed by atoms with van der Waals surface area (Å²) in [6.07, 6.45) is 1.26. The van der Waals surface area contributed by atoms with Crippen LogP contribution in [0.25, 0.3) is 0 Å². The second-order valence-electron chi connectivity index (χ2n) is 4.14. The minimum atomic E-state index is -0.386. The van der Waals surface area contributed by atoms with Crippen molar-refractivity contribution in [1.82, 2.24) is 0 Å². The third kappa shape index (κ3) is 4.18. The first kappa shape index (κ1) is 12.5. The van der Waals surface area contributed by atoms with E-state index in [9.17, 15) is 9.50 Å². The van der Waals surface area contributed by atoms with Crippen molar-refractivity contribution in [3.63, 3.8) is 0 Å². The summed E-state index contributed by atoms with van der Waals surface area (Å²) < 4.78 is 12.9. The SMILES string of the molecule is CC(O)CC(C)Cc1ccc(F)c(Cl)c1. The Labute approximate surface area is 94.9 Å². The molecule has 1 rings (SSSR count). The molecule has 0 aliphatic carbocycles. The topological polar surface area (TPSA) is 20.2 Å². The summed E-state index contributed by atoms with van der Waals surface area (Å²) in [5, 5.41) is 9.38.